The number of nitrogens with one attached hydrogen (secondary N) is 1. The van der Waals surface area contributed by atoms with E-state index in [1.165, 1.54) is 27.2 Å². The number of halogens is 1. The molecule has 1 aromatic carbocycles. The van der Waals surface area contributed by atoms with Crippen LogP contribution < -0.4 is 10.1 Å². The van der Waals surface area contributed by atoms with Gasteiger partial charge in [-0.05, 0) is 25.0 Å². The highest BCUT2D eigenvalue weighted by Gasteiger charge is 2.34. The van der Waals surface area contributed by atoms with Gasteiger partial charge in [-0.3, -0.25) is 4.79 Å². The van der Waals surface area contributed by atoms with Crippen LogP contribution in [0.15, 0.2) is 18.2 Å². The van der Waals surface area contributed by atoms with Crippen molar-refractivity contribution >= 4 is 11.9 Å². The Hall–Kier alpha value is -2.15. The van der Waals surface area contributed by atoms with Crippen LogP contribution in [0.25, 0.3) is 0 Å². The van der Waals surface area contributed by atoms with Crippen LogP contribution in [0.1, 0.15) is 18.9 Å². The van der Waals surface area contributed by atoms with Crippen molar-refractivity contribution in [3.05, 3.63) is 29.6 Å². The zero-order chi connectivity index (χ0) is 16.8. The second kappa shape index (κ2) is 7.74. The maximum absolute atomic E-state index is 13.9. The van der Waals surface area contributed by atoms with Gasteiger partial charge in [0.1, 0.15) is 0 Å². The first-order valence-electron chi connectivity index (χ1n) is 6.68. The van der Waals surface area contributed by atoms with Crippen LogP contribution in [0.3, 0.4) is 0 Å². The van der Waals surface area contributed by atoms with Crippen molar-refractivity contribution in [2.75, 3.05) is 20.8 Å². The summed E-state index contributed by atoms with van der Waals surface area (Å²) in [5.41, 5.74) is -1.18. The molecule has 1 unspecified atom stereocenters. The third-order valence-electron chi connectivity index (χ3n) is 3.20. The molecule has 0 aliphatic heterocycles. The van der Waals surface area contributed by atoms with E-state index in [4.69, 9.17) is 14.6 Å². The Morgan fingerprint density at radius 2 is 2.05 bits per heavy atom. The molecule has 1 atom stereocenters. The Kier molecular flexibility index (Phi) is 6.30. The van der Waals surface area contributed by atoms with Crippen LogP contribution in [0.4, 0.5) is 4.39 Å². The van der Waals surface area contributed by atoms with E-state index in [9.17, 15) is 14.0 Å². The first-order chi connectivity index (χ1) is 10.3. The number of hydrogen-bond acceptors (Lipinski definition) is 4. The third kappa shape index (κ3) is 4.42. The fourth-order valence-corrected chi connectivity index (χ4v) is 1.97. The molecule has 0 saturated heterocycles. The fourth-order valence-electron chi connectivity index (χ4n) is 1.97. The smallest absolute Gasteiger partial charge is 0.331 e. The molecule has 0 heterocycles. The number of carboxylic acid groups (broad SMARTS) is 1. The molecule has 0 fully saturated rings. The van der Waals surface area contributed by atoms with Crippen molar-refractivity contribution in [2.45, 2.75) is 25.3 Å². The summed E-state index contributed by atoms with van der Waals surface area (Å²) in [6.07, 6.45) is 0.0915. The average molecular weight is 313 g/mol. The van der Waals surface area contributed by atoms with Crippen LogP contribution >= 0.6 is 0 Å². The zero-order valence-electron chi connectivity index (χ0n) is 12.8. The Labute approximate surface area is 128 Å². The maximum Gasteiger partial charge on any atom is 0.331 e. The molecule has 7 heteroatoms. The average Bonchev–Trinajstić information content (AvgIpc) is 2.46. The van der Waals surface area contributed by atoms with E-state index >= 15 is 0 Å². The molecule has 0 aliphatic carbocycles. The minimum absolute atomic E-state index is 0.0450. The summed E-state index contributed by atoms with van der Waals surface area (Å²) in [4.78, 5) is 23.1. The molecule has 0 bridgehead atoms. The number of aryl methyl sites for hydroxylation is 1. The minimum Gasteiger partial charge on any atom is -0.494 e. The van der Waals surface area contributed by atoms with Gasteiger partial charge in [-0.1, -0.05) is 12.1 Å². The van der Waals surface area contributed by atoms with E-state index in [0.717, 1.165) is 0 Å². The highest BCUT2D eigenvalue weighted by Crippen LogP contribution is 2.21. The van der Waals surface area contributed by atoms with Crippen LogP contribution in [0.2, 0.25) is 0 Å². The number of rotatable bonds is 8. The summed E-state index contributed by atoms with van der Waals surface area (Å²) in [6.45, 7) is 1.18. The molecule has 2 N–H and O–H groups in total. The summed E-state index contributed by atoms with van der Waals surface area (Å²) in [5.74, 6) is -2.11. The summed E-state index contributed by atoms with van der Waals surface area (Å²) >= 11 is 0. The Morgan fingerprint density at radius 3 is 2.59 bits per heavy atom. The molecule has 22 heavy (non-hydrogen) atoms. The van der Waals surface area contributed by atoms with Gasteiger partial charge < -0.3 is 19.9 Å². The fraction of sp³-hybridized carbons (Fsp3) is 0.467. The number of amides is 1. The molecule has 0 spiro atoms. The van der Waals surface area contributed by atoms with Crippen molar-refractivity contribution in [3.8, 4) is 5.75 Å². The van der Waals surface area contributed by atoms with Crippen molar-refractivity contribution in [1.82, 2.24) is 5.32 Å². The van der Waals surface area contributed by atoms with E-state index in [2.05, 4.69) is 5.32 Å². The lowest BCUT2D eigenvalue weighted by molar-refractivity contribution is -0.149. The quantitative estimate of drug-likeness (QED) is 0.757. The standard InChI is InChI=1S/C15H20FNO5/c1-15(9-21-2,14(19)20)17-12(18)8-7-10-5-4-6-11(22-3)13(10)16/h4-6H,7-9H2,1-3H3,(H,17,18)(H,19,20). The van der Waals surface area contributed by atoms with Crippen molar-refractivity contribution in [3.63, 3.8) is 0 Å². The summed E-state index contributed by atoms with van der Waals surface area (Å²) in [7, 11) is 2.71. The summed E-state index contributed by atoms with van der Waals surface area (Å²) < 4.78 is 23.6. The largest absolute Gasteiger partial charge is 0.494 e. The summed E-state index contributed by atoms with van der Waals surface area (Å²) in [6, 6.07) is 4.66. The number of methoxy groups -OCH3 is 2. The van der Waals surface area contributed by atoms with Gasteiger partial charge in [-0.2, -0.15) is 0 Å². The molecule has 0 radical (unpaired) electrons. The van der Waals surface area contributed by atoms with Gasteiger partial charge in [0.25, 0.3) is 0 Å². The second-order valence-corrected chi connectivity index (χ2v) is 5.05. The second-order valence-electron chi connectivity index (χ2n) is 5.05. The molecular formula is C15H20FNO5. The number of carboxylic acids is 1. The van der Waals surface area contributed by atoms with Crippen LogP contribution in [0, 0.1) is 5.82 Å². The zero-order valence-corrected chi connectivity index (χ0v) is 12.8. The number of aliphatic carboxylic acids is 1. The van der Waals surface area contributed by atoms with E-state index in [-0.39, 0.29) is 25.2 Å². The molecule has 0 saturated carbocycles. The van der Waals surface area contributed by atoms with Gasteiger partial charge in [0.2, 0.25) is 5.91 Å². The number of ether oxygens (including phenoxy) is 2. The Bertz CT molecular complexity index is 549. The first kappa shape index (κ1) is 17.9. The molecule has 1 rings (SSSR count). The van der Waals surface area contributed by atoms with Crippen molar-refractivity contribution < 1.29 is 28.6 Å². The molecule has 122 valence electrons. The van der Waals surface area contributed by atoms with Gasteiger partial charge in [0.15, 0.2) is 17.1 Å². The first-order valence-corrected chi connectivity index (χ1v) is 6.68. The van der Waals surface area contributed by atoms with Crippen molar-refractivity contribution in [1.29, 1.82) is 0 Å². The lowest BCUT2D eigenvalue weighted by Gasteiger charge is -2.25. The van der Waals surface area contributed by atoms with Crippen LogP contribution in [0.5, 0.6) is 5.75 Å². The van der Waals surface area contributed by atoms with E-state index < -0.39 is 23.2 Å². The monoisotopic (exact) mass is 313 g/mol. The van der Waals surface area contributed by atoms with E-state index in [0.29, 0.717) is 5.56 Å². The molecule has 0 aliphatic rings. The van der Waals surface area contributed by atoms with Gasteiger partial charge >= 0.3 is 5.97 Å². The predicted octanol–water partition coefficient (Wildman–Crippen LogP) is 1.37. The SMILES string of the molecule is COCC(C)(NC(=O)CCc1cccc(OC)c1F)C(=O)O. The number of carbonyl (C=O) groups is 2. The maximum atomic E-state index is 13.9. The normalized spacial score (nSPS) is 13.3. The Morgan fingerprint density at radius 1 is 1.36 bits per heavy atom. The molecule has 1 amide bonds. The van der Waals surface area contributed by atoms with E-state index in [1.807, 2.05) is 0 Å². The van der Waals surface area contributed by atoms with Crippen LogP contribution in [-0.2, 0) is 20.7 Å². The molecular weight excluding hydrogens is 293 g/mol. The van der Waals surface area contributed by atoms with Gasteiger partial charge in [-0.25, -0.2) is 9.18 Å². The molecule has 0 aromatic heterocycles. The molecule has 6 nitrogen and oxygen atoms in total. The number of hydrogen-bond donors (Lipinski definition) is 2. The molecule has 1 aromatic rings. The third-order valence-corrected chi connectivity index (χ3v) is 3.20. The van der Waals surface area contributed by atoms with Crippen molar-refractivity contribution in [2.24, 2.45) is 0 Å². The van der Waals surface area contributed by atoms with Gasteiger partial charge in [-0.15, -0.1) is 0 Å². The van der Waals surface area contributed by atoms with E-state index in [1.54, 1.807) is 12.1 Å². The number of benzene rings is 1. The highest BCUT2D eigenvalue weighted by atomic mass is 19.1. The Balaban J connectivity index is 2.68. The minimum atomic E-state index is -1.52. The topological polar surface area (TPSA) is 84.9 Å². The highest BCUT2D eigenvalue weighted by molar-refractivity contribution is 5.86. The van der Waals surface area contributed by atoms with Gasteiger partial charge in [0.05, 0.1) is 13.7 Å². The predicted molar refractivity (Wildman–Crippen MR) is 77.3 cm³/mol. The summed E-state index contributed by atoms with van der Waals surface area (Å²) in [5, 5.41) is 11.5. The van der Waals surface area contributed by atoms with Gasteiger partial charge in [0, 0.05) is 13.5 Å². The van der Waals surface area contributed by atoms with Crippen LogP contribution in [-0.4, -0.2) is 43.3 Å². The lowest BCUT2D eigenvalue weighted by Crippen LogP contribution is -2.55. The lowest BCUT2D eigenvalue weighted by atomic mass is 10.0. The number of carbonyl (C=O) groups excluding carboxylic acids is 1.